The Kier molecular flexibility index (Phi) is 6.44. The maximum absolute atomic E-state index is 12.4. The van der Waals surface area contributed by atoms with Crippen LogP contribution in [0, 0.1) is 0 Å². The third-order valence-corrected chi connectivity index (χ3v) is 4.61. The van der Waals surface area contributed by atoms with Crippen LogP contribution in [0.1, 0.15) is 10.4 Å². The lowest BCUT2D eigenvalue weighted by molar-refractivity contribution is -0.123. The number of carbonyl (C=O) groups is 1. The van der Waals surface area contributed by atoms with Crippen LogP contribution in [0.5, 0.6) is 5.75 Å². The van der Waals surface area contributed by atoms with Crippen LogP contribution in [0.25, 0.3) is 0 Å². The molecule has 0 saturated carbocycles. The zero-order valence-electron chi connectivity index (χ0n) is 13.8. The van der Waals surface area contributed by atoms with Gasteiger partial charge in [0.2, 0.25) is 0 Å². The smallest absolute Gasteiger partial charge is 0.405 e. The molecule has 0 aliphatic carbocycles. The number of para-hydroxylation sites is 2. The molecule has 0 aliphatic rings. The molecule has 0 radical (unpaired) electrons. The van der Waals surface area contributed by atoms with E-state index in [-0.39, 0.29) is 16.1 Å². The average molecular weight is 424 g/mol. The number of ether oxygens (including phenoxy) is 1. The minimum Gasteiger partial charge on any atom is -0.433 e. The van der Waals surface area contributed by atoms with Gasteiger partial charge in [0.15, 0.2) is 0 Å². The predicted molar refractivity (Wildman–Crippen MR) is 88.7 cm³/mol. The van der Waals surface area contributed by atoms with E-state index in [0.29, 0.717) is 0 Å². The van der Waals surface area contributed by atoms with Crippen LogP contribution in [0.2, 0.25) is 0 Å². The van der Waals surface area contributed by atoms with E-state index in [1.54, 1.807) is 5.32 Å². The van der Waals surface area contributed by atoms with Crippen molar-refractivity contribution >= 4 is 21.6 Å². The number of alkyl halides is 5. The van der Waals surface area contributed by atoms with Gasteiger partial charge in [0, 0.05) is 5.56 Å². The lowest BCUT2D eigenvalue weighted by Crippen LogP contribution is -2.33. The molecule has 12 heteroatoms. The second-order valence-corrected chi connectivity index (χ2v) is 6.98. The Labute approximate surface area is 156 Å². The summed E-state index contributed by atoms with van der Waals surface area (Å²) in [5.41, 5.74) is -0.431. The molecule has 0 atom stereocenters. The lowest BCUT2D eigenvalue weighted by Gasteiger charge is -2.13. The molecule has 2 aromatic carbocycles. The van der Waals surface area contributed by atoms with Crippen molar-refractivity contribution in [2.45, 2.75) is 17.7 Å². The van der Waals surface area contributed by atoms with E-state index in [1.165, 1.54) is 18.2 Å². The van der Waals surface area contributed by atoms with Gasteiger partial charge >= 0.3 is 12.8 Å². The highest BCUT2D eigenvalue weighted by atomic mass is 32.2. The Hall–Kier alpha value is -2.89. The third-order valence-electron chi connectivity index (χ3n) is 3.22. The van der Waals surface area contributed by atoms with Crippen LogP contribution in [0.15, 0.2) is 53.4 Å². The highest BCUT2D eigenvalue weighted by Crippen LogP contribution is 2.28. The molecule has 0 spiro atoms. The van der Waals surface area contributed by atoms with Gasteiger partial charge in [-0.2, -0.15) is 22.0 Å². The maximum atomic E-state index is 12.4. The molecule has 0 fully saturated rings. The summed E-state index contributed by atoms with van der Waals surface area (Å²) in [6, 6.07) is 9.10. The normalized spacial score (nSPS) is 11.9. The van der Waals surface area contributed by atoms with Gasteiger partial charge < -0.3 is 10.1 Å². The summed E-state index contributed by atoms with van der Waals surface area (Å²) in [6.07, 6.45) is -4.59. The summed E-state index contributed by atoms with van der Waals surface area (Å²) < 4.78 is 92.2. The van der Waals surface area contributed by atoms with Crippen molar-refractivity contribution in [3.05, 3.63) is 54.1 Å². The van der Waals surface area contributed by atoms with Gasteiger partial charge in [0.25, 0.3) is 15.9 Å². The van der Waals surface area contributed by atoms with Crippen molar-refractivity contribution < 1.29 is 39.9 Å². The maximum Gasteiger partial charge on any atom is 0.405 e. The van der Waals surface area contributed by atoms with Gasteiger partial charge in [-0.05, 0) is 36.4 Å². The fourth-order valence-electron chi connectivity index (χ4n) is 2.02. The Morgan fingerprint density at radius 3 is 2.21 bits per heavy atom. The Morgan fingerprint density at radius 2 is 1.64 bits per heavy atom. The zero-order valence-corrected chi connectivity index (χ0v) is 14.7. The van der Waals surface area contributed by atoms with Gasteiger partial charge in [-0.15, -0.1) is 0 Å². The topological polar surface area (TPSA) is 84.5 Å². The van der Waals surface area contributed by atoms with Crippen LogP contribution in [-0.4, -0.2) is 33.7 Å². The first-order valence-corrected chi connectivity index (χ1v) is 8.98. The number of sulfonamides is 1. The van der Waals surface area contributed by atoms with Crippen molar-refractivity contribution in [2.24, 2.45) is 0 Å². The Morgan fingerprint density at radius 1 is 1.04 bits per heavy atom. The summed E-state index contributed by atoms with van der Waals surface area (Å²) in [7, 11) is -4.24. The Balaban J connectivity index is 2.16. The minimum absolute atomic E-state index is 0.190. The summed E-state index contributed by atoms with van der Waals surface area (Å²) in [5, 5.41) is 1.65. The molecule has 0 saturated heterocycles. The summed E-state index contributed by atoms with van der Waals surface area (Å²) in [6.45, 7) is -4.70. The second-order valence-electron chi connectivity index (χ2n) is 5.30. The number of carbonyl (C=O) groups excluding carboxylic acids is 1. The van der Waals surface area contributed by atoms with Gasteiger partial charge in [-0.1, -0.05) is 12.1 Å². The molecule has 2 N–H and O–H groups in total. The largest absolute Gasteiger partial charge is 0.433 e. The number of nitrogens with one attached hydrogen (secondary N) is 2. The van der Waals surface area contributed by atoms with E-state index in [1.807, 2.05) is 0 Å². The van der Waals surface area contributed by atoms with Gasteiger partial charge in [0.1, 0.15) is 12.3 Å². The molecular formula is C16H13F5N2O4S. The highest BCUT2D eigenvalue weighted by Gasteiger charge is 2.28. The fraction of sp³-hybridized carbons (Fsp3) is 0.188. The monoisotopic (exact) mass is 424 g/mol. The van der Waals surface area contributed by atoms with Crippen LogP contribution >= 0.6 is 0 Å². The summed E-state index contributed by atoms with van der Waals surface area (Å²) >= 11 is 0. The summed E-state index contributed by atoms with van der Waals surface area (Å²) in [4.78, 5) is 11.3. The molecule has 0 bridgehead atoms. The molecule has 2 aromatic rings. The van der Waals surface area contributed by atoms with Crippen LogP contribution in [-0.2, 0) is 10.0 Å². The van der Waals surface area contributed by atoms with Crippen LogP contribution in [0.4, 0.5) is 27.6 Å². The number of amides is 1. The van der Waals surface area contributed by atoms with Gasteiger partial charge in [0.05, 0.1) is 10.6 Å². The van der Waals surface area contributed by atoms with Crippen LogP contribution < -0.4 is 14.8 Å². The van der Waals surface area contributed by atoms with E-state index in [4.69, 9.17) is 0 Å². The van der Waals surface area contributed by atoms with Crippen molar-refractivity contribution in [1.82, 2.24) is 5.32 Å². The molecular weight excluding hydrogens is 411 g/mol. The highest BCUT2D eigenvalue weighted by molar-refractivity contribution is 7.92. The third kappa shape index (κ3) is 6.08. The number of hydrogen-bond acceptors (Lipinski definition) is 4. The molecule has 0 heterocycles. The van der Waals surface area contributed by atoms with Gasteiger partial charge in [-0.3, -0.25) is 9.52 Å². The molecule has 28 heavy (non-hydrogen) atoms. The Bertz CT molecular complexity index is 931. The molecule has 0 aromatic heterocycles. The molecule has 2 rings (SSSR count). The summed E-state index contributed by atoms with van der Waals surface area (Å²) in [5.74, 6) is -1.44. The van der Waals surface area contributed by atoms with Crippen molar-refractivity contribution in [2.75, 3.05) is 11.3 Å². The lowest BCUT2D eigenvalue weighted by atomic mass is 10.2. The van der Waals surface area contributed by atoms with E-state index >= 15 is 0 Å². The predicted octanol–water partition coefficient (Wildman–Crippen LogP) is 3.38. The van der Waals surface area contributed by atoms with E-state index in [0.717, 1.165) is 30.3 Å². The van der Waals surface area contributed by atoms with Crippen molar-refractivity contribution in [3.8, 4) is 5.75 Å². The van der Waals surface area contributed by atoms with Crippen molar-refractivity contribution in [3.63, 3.8) is 0 Å². The van der Waals surface area contributed by atoms with Crippen molar-refractivity contribution in [1.29, 1.82) is 0 Å². The van der Waals surface area contributed by atoms with E-state index in [2.05, 4.69) is 9.46 Å². The first-order chi connectivity index (χ1) is 13.0. The molecule has 6 nitrogen and oxygen atoms in total. The van der Waals surface area contributed by atoms with E-state index < -0.39 is 41.0 Å². The number of rotatable bonds is 7. The fourth-order valence-corrected chi connectivity index (χ4v) is 3.09. The number of benzene rings is 2. The number of hydrogen-bond donors (Lipinski definition) is 2. The molecule has 0 unspecified atom stereocenters. The standard InChI is InChI=1S/C16H13F5N2O4S/c17-15(18)27-13-4-2-1-3-12(13)23-28(25,26)11-7-5-10(6-8-11)14(24)22-9-16(19,20)21/h1-8,15,23H,9H2,(H,22,24). The molecule has 152 valence electrons. The number of anilines is 1. The first kappa shape index (κ1) is 21.4. The minimum atomic E-state index is -4.59. The second kappa shape index (κ2) is 8.42. The molecule has 0 aliphatic heterocycles. The van der Waals surface area contributed by atoms with E-state index in [9.17, 15) is 35.2 Å². The zero-order chi connectivity index (χ0) is 20.9. The first-order valence-electron chi connectivity index (χ1n) is 7.49. The number of halogens is 5. The average Bonchev–Trinajstić information content (AvgIpc) is 2.60. The van der Waals surface area contributed by atoms with Gasteiger partial charge in [-0.25, -0.2) is 8.42 Å². The van der Waals surface area contributed by atoms with Crippen LogP contribution in [0.3, 0.4) is 0 Å². The molecule has 1 amide bonds. The quantitative estimate of drug-likeness (QED) is 0.668. The SMILES string of the molecule is O=C(NCC(F)(F)F)c1ccc(S(=O)(=O)Nc2ccccc2OC(F)F)cc1.